The first-order valence-electron chi connectivity index (χ1n) is 8.33. The van der Waals surface area contributed by atoms with E-state index in [4.69, 9.17) is 26.9 Å². The van der Waals surface area contributed by atoms with Crippen LogP contribution in [-0.2, 0) is 0 Å². The molecule has 2 aromatic heterocycles. The zero-order valence-electron chi connectivity index (χ0n) is 16.1. The number of hydrazine groups is 1. The van der Waals surface area contributed by atoms with E-state index < -0.39 is 18.0 Å². The highest BCUT2D eigenvalue weighted by Crippen LogP contribution is 2.21. The molecule has 0 bridgehead atoms. The normalized spacial score (nSPS) is 12.9. The zero-order chi connectivity index (χ0) is 22.7. The summed E-state index contributed by atoms with van der Waals surface area (Å²) in [5.41, 5.74) is 7.52. The molecule has 0 aliphatic heterocycles. The van der Waals surface area contributed by atoms with E-state index in [9.17, 15) is 15.3 Å². The third kappa shape index (κ3) is 5.41. The Morgan fingerprint density at radius 2 is 1.83 bits per heavy atom. The Kier molecular flexibility index (Phi) is 6.61. The van der Waals surface area contributed by atoms with Gasteiger partial charge in [0.1, 0.15) is 11.6 Å². The van der Waals surface area contributed by atoms with Crippen LogP contribution in [0.5, 0.6) is 11.8 Å². The number of pyridine rings is 1. The molecule has 2 heterocycles. The second-order valence-electron chi connectivity index (χ2n) is 6.20. The van der Waals surface area contributed by atoms with E-state index in [1.165, 1.54) is 29.4 Å². The van der Waals surface area contributed by atoms with Crippen LogP contribution in [0.2, 0.25) is 0 Å². The van der Waals surface area contributed by atoms with E-state index in [-0.39, 0.29) is 23.8 Å². The maximum atomic E-state index is 9.61. The quantitative estimate of drug-likeness (QED) is 0.117. The summed E-state index contributed by atoms with van der Waals surface area (Å²) < 4.78 is 4.40. The third-order valence-electron chi connectivity index (χ3n) is 3.81. The van der Waals surface area contributed by atoms with Crippen LogP contribution in [0.1, 0.15) is 11.4 Å². The van der Waals surface area contributed by atoms with Crippen LogP contribution in [0.25, 0.3) is 5.70 Å². The summed E-state index contributed by atoms with van der Waals surface area (Å²) in [5.74, 6) is -1.81. The maximum Gasteiger partial charge on any atom is 0.411 e. The van der Waals surface area contributed by atoms with Crippen molar-refractivity contribution >= 4 is 11.5 Å². The highest BCUT2D eigenvalue weighted by molar-refractivity contribution is 5.64. The van der Waals surface area contributed by atoms with E-state index in [0.717, 1.165) is 0 Å². The smallest absolute Gasteiger partial charge is 0.411 e. The van der Waals surface area contributed by atoms with Crippen molar-refractivity contribution in [1.82, 2.24) is 20.0 Å². The van der Waals surface area contributed by atoms with Gasteiger partial charge in [0.2, 0.25) is 0 Å². The predicted molar refractivity (Wildman–Crippen MR) is 101 cm³/mol. The molecule has 14 heteroatoms. The van der Waals surface area contributed by atoms with Gasteiger partial charge in [-0.15, -0.1) is 0 Å². The molecule has 0 amide bonds. The fourth-order valence-electron chi connectivity index (χ4n) is 2.12. The lowest BCUT2D eigenvalue weighted by atomic mass is 10.2. The van der Waals surface area contributed by atoms with Crippen molar-refractivity contribution in [3.8, 4) is 11.8 Å². The Balaban J connectivity index is 2.22. The molecule has 2 aromatic rings. The molecule has 0 unspecified atom stereocenters. The summed E-state index contributed by atoms with van der Waals surface area (Å²) in [6, 6.07) is 3.66. The van der Waals surface area contributed by atoms with Crippen molar-refractivity contribution < 1.29 is 35.4 Å². The van der Waals surface area contributed by atoms with Crippen LogP contribution in [0, 0.1) is 6.92 Å². The number of aromatic hydroxyl groups is 1. The molecule has 0 fully saturated rings. The van der Waals surface area contributed by atoms with Gasteiger partial charge in [0.05, 0.1) is 29.3 Å². The van der Waals surface area contributed by atoms with Gasteiger partial charge in [-0.05, 0) is 25.1 Å². The number of nitrogens with zero attached hydrogens (tertiary/aromatic N) is 4. The number of ether oxygens (including phenoxy) is 1. The number of nitrogens with one attached hydrogen (secondary N) is 1. The van der Waals surface area contributed by atoms with E-state index in [2.05, 4.69) is 25.0 Å². The Bertz CT molecular complexity index is 928. The number of hydrogen-bond acceptors (Lipinski definition) is 14. The Hall–Kier alpha value is -3.27. The third-order valence-corrected chi connectivity index (χ3v) is 3.81. The Morgan fingerprint density at radius 1 is 1.17 bits per heavy atom. The second-order valence-corrected chi connectivity index (χ2v) is 6.20. The minimum Gasteiger partial charge on any atom is -0.506 e. The van der Waals surface area contributed by atoms with Gasteiger partial charge in [0.15, 0.2) is 0 Å². The van der Waals surface area contributed by atoms with Crippen LogP contribution < -0.4 is 21.6 Å². The van der Waals surface area contributed by atoms with Crippen LogP contribution in [0.4, 0.5) is 5.82 Å². The molecule has 0 aromatic carbocycles. The number of aryl methyl sites for hydroxylation is 1. The molecule has 0 aliphatic carbocycles. The lowest BCUT2D eigenvalue weighted by Gasteiger charge is -2.28. The van der Waals surface area contributed by atoms with Gasteiger partial charge in [-0.2, -0.15) is 4.98 Å². The Labute approximate surface area is 170 Å². The number of aromatic nitrogens is 3. The average Bonchev–Trinajstić information content (AvgIpc) is 2.62. The number of anilines is 1. The summed E-state index contributed by atoms with van der Waals surface area (Å²) >= 11 is 0. The highest BCUT2D eigenvalue weighted by atomic mass is 16.8. The monoisotopic (exact) mass is 425 g/mol. The molecule has 164 valence electrons. The first kappa shape index (κ1) is 23.0. The molecule has 0 saturated heterocycles. The summed E-state index contributed by atoms with van der Waals surface area (Å²) in [5, 5.41) is 59.0. The van der Waals surface area contributed by atoms with Gasteiger partial charge in [0, 0.05) is 13.2 Å². The molecule has 0 saturated carbocycles. The van der Waals surface area contributed by atoms with Gasteiger partial charge in [-0.3, -0.25) is 0 Å². The van der Waals surface area contributed by atoms with Gasteiger partial charge >= 0.3 is 18.0 Å². The lowest BCUT2D eigenvalue weighted by Crippen LogP contribution is -2.58. The van der Waals surface area contributed by atoms with Crippen molar-refractivity contribution in [1.29, 1.82) is 0 Å². The van der Waals surface area contributed by atoms with Gasteiger partial charge in [-0.25, -0.2) is 15.8 Å². The predicted octanol–water partition coefficient (Wildman–Crippen LogP) is -2.92. The topological polar surface area (TPSA) is 237 Å². The summed E-state index contributed by atoms with van der Waals surface area (Å²) in [4.78, 5) is 11.6. The molecule has 0 atom stereocenters. The molecular formula is C16H23N7O7. The average molecular weight is 425 g/mol. The summed E-state index contributed by atoms with van der Waals surface area (Å²) in [6.45, 7) is 1.64. The number of likely N-dealkylation sites (N-methyl/N-ethyl adjacent to an activating group) is 1. The van der Waals surface area contributed by atoms with Crippen LogP contribution in [-0.4, -0.2) is 76.1 Å². The number of rotatable bonds is 8. The van der Waals surface area contributed by atoms with E-state index >= 15 is 0 Å². The summed E-state index contributed by atoms with van der Waals surface area (Å²) in [7, 11) is 1.54. The van der Waals surface area contributed by atoms with Crippen LogP contribution >= 0.6 is 0 Å². The molecule has 0 radical (unpaired) electrons. The first-order chi connectivity index (χ1) is 13.8. The van der Waals surface area contributed by atoms with E-state index in [1.54, 1.807) is 14.0 Å². The van der Waals surface area contributed by atoms with Crippen molar-refractivity contribution in [3.63, 3.8) is 0 Å². The lowest BCUT2D eigenvalue weighted by molar-refractivity contribution is -0.503. The largest absolute Gasteiger partial charge is 0.506 e. The number of nitrogens with two attached hydrogens (primary N) is 2. The van der Waals surface area contributed by atoms with Crippen LogP contribution in [0.15, 0.2) is 30.1 Å². The number of hydrogen-bond donors (Lipinski definition) is 9. The fraction of sp³-hybridized carbons (Fsp3) is 0.312. The minimum atomic E-state index is -3.98. The van der Waals surface area contributed by atoms with Crippen molar-refractivity contribution in [2.75, 3.05) is 18.9 Å². The SMILES string of the molecule is Cc1nc(/C(N)=C(\CNc2ccnc(OC(O)(O)C(O)(O)O)n2)N(C)N)ccc1O. The Morgan fingerprint density at radius 3 is 2.40 bits per heavy atom. The molecule has 0 aliphatic rings. The maximum absolute atomic E-state index is 9.61. The van der Waals surface area contributed by atoms with Crippen LogP contribution in [0.3, 0.4) is 0 Å². The van der Waals surface area contributed by atoms with Crippen molar-refractivity contribution in [2.45, 2.75) is 18.9 Å². The molecule has 0 spiro atoms. The summed E-state index contributed by atoms with van der Waals surface area (Å²) in [6.07, 6.45) is 1.17. The van der Waals surface area contributed by atoms with Gasteiger partial charge < -0.3 is 51.4 Å². The fourth-order valence-corrected chi connectivity index (χ4v) is 2.12. The van der Waals surface area contributed by atoms with Gasteiger partial charge in [-0.1, -0.05) is 0 Å². The molecule has 2 rings (SSSR count). The van der Waals surface area contributed by atoms with E-state index in [1.807, 2.05) is 0 Å². The molecule has 30 heavy (non-hydrogen) atoms. The second kappa shape index (κ2) is 8.62. The number of aliphatic hydroxyl groups is 5. The van der Waals surface area contributed by atoms with Crippen molar-refractivity contribution in [2.24, 2.45) is 11.6 Å². The molecule has 14 nitrogen and oxygen atoms in total. The molecular weight excluding hydrogens is 402 g/mol. The standard InChI is InChI=1S/C16H23N7O7/c1-8-11(24)4-3-9(21-8)13(17)10(23(2)18)7-20-12-5-6-19-14(22-12)30-16(28,29)15(25,26)27/h3-6,24-29H,7,17-18H2,1-2H3,(H,19,20,22)/b13-10-. The highest BCUT2D eigenvalue weighted by Gasteiger charge is 2.50. The van der Waals surface area contributed by atoms with E-state index in [0.29, 0.717) is 17.1 Å². The molecule has 11 N–H and O–H groups in total. The first-order valence-corrected chi connectivity index (χ1v) is 8.33. The van der Waals surface area contributed by atoms with Gasteiger partial charge in [0.25, 0.3) is 0 Å². The zero-order valence-corrected chi connectivity index (χ0v) is 16.1. The minimum absolute atomic E-state index is 0.0161. The van der Waals surface area contributed by atoms with Crippen molar-refractivity contribution in [3.05, 3.63) is 41.5 Å².